The SMILES string of the molecule is CN(CCC(F)(F)F)c1cc(F)c(C(=O)O)cc1[N+](=O)[O-]. The number of nitrogens with zero attached hydrogens (tertiary/aromatic N) is 2. The number of anilines is 1. The van der Waals surface area contributed by atoms with E-state index in [9.17, 15) is 32.5 Å². The average Bonchev–Trinajstić information content (AvgIpc) is 2.33. The fourth-order valence-corrected chi connectivity index (χ4v) is 1.58. The van der Waals surface area contributed by atoms with Crippen LogP contribution in [0, 0.1) is 15.9 Å². The van der Waals surface area contributed by atoms with Crippen molar-refractivity contribution in [2.24, 2.45) is 0 Å². The van der Waals surface area contributed by atoms with Crippen LogP contribution in [0.4, 0.5) is 28.9 Å². The van der Waals surface area contributed by atoms with Crippen LogP contribution in [0.1, 0.15) is 16.8 Å². The lowest BCUT2D eigenvalue weighted by Gasteiger charge is -2.20. The Labute approximate surface area is 115 Å². The molecule has 0 heterocycles. The van der Waals surface area contributed by atoms with Gasteiger partial charge in [-0.25, -0.2) is 9.18 Å². The van der Waals surface area contributed by atoms with Crippen molar-refractivity contribution in [1.82, 2.24) is 0 Å². The van der Waals surface area contributed by atoms with E-state index in [1.165, 1.54) is 0 Å². The monoisotopic (exact) mass is 310 g/mol. The molecule has 0 fully saturated rings. The van der Waals surface area contributed by atoms with Crippen LogP contribution in [0.5, 0.6) is 0 Å². The van der Waals surface area contributed by atoms with Crippen LogP contribution >= 0.6 is 0 Å². The van der Waals surface area contributed by atoms with E-state index < -0.39 is 52.8 Å². The lowest BCUT2D eigenvalue weighted by Crippen LogP contribution is -2.25. The summed E-state index contributed by atoms with van der Waals surface area (Å²) in [5.41, 5.74) is -2.13. The minimum Gasteiger partial charge on any atom is -0.478 e. The lowest BCUT2D eigenvalue weighted by atomic mass is 10.1. The predicted molar refractivity (Wildman–Crippen MR) is 64.0 cm³/mol. The van der Waals surface area contributed by atoms with Crippen LogP contribution in [0.2, 0.25) is 0 Å². The van der Waals surface area contributed by atoms with Crippen molar-refractivity contribution in [2.75, 3.05) is 18.5 Å². The molecule has 0 saturated carbocycles. The van der Waals surface area contributed by atoms with Gasteiger partial charge in [0.05, 0.1) is 11.3 Å². The van der Waals surface area contributed by atoms with Crippen molar-refractivity contribution < 1.29 is 32.4 Å². The quantitative estimate of drug-likeness (QED) is 0.513. The van der Waals surface area contributed by atoms with E-state index in [0.29, 0.717) is 12.1 Å². The summed E-state index contributed by atoms with van der Waals surface area (Å²) in [4.78, 5) is 21.4. The zero-order valence-corrected chi connectivity index (χ0v) is 10.6. The molecule has 0 aliphatic rings. The molecule has 1 rings (SSSR count). The number of alkyl halides is 3. The number of halogens is 4. The molecule has 0 atom stereocenters. The van der Waals surface area contributed by atoms with Gasteiger partial charge in [0, 0.05) is 25.7 Å². The van der Waals surface area contributed by atoms with Crippen molar-refractivity contribution in [1.29, 1.82) is 0 Å². The summed E-state index contributed by atoms with van der Waals surface area (Å²) in [6.45, 7) is -0.629. The molecular weight excluding hydrogens is 300 g/mol. The summed E-state index contributed by atoms with van der Waals surface area (Å²) < 4.78 is 49.9. The predicted octanol–water partition coefficient (Wildman–Crippen LogP) is 2.82. The summed E-state index contributed by atoms with van der Waals surface area (Å²) in [6, 6.07) is 1.02. The number of rotatable bonds is 5. The van der Waals surface area contributed by atoms with Crippen LogP contribution in [0.15, 0.2) is 12.1 Å². The molecule has 0 radical (unpaired) electrons. The molecule has 1 aromatic carbocycles. The molecule has 0 amide bonds. The lowest BCUT2D eigenvalue weighted by molar-refractivity contribution is -0.384. The van der Waals surface area contributed by atoms with Gasteiger partial charge in [0.1, 0.15) is 17.1 Å². The van der Waals surface area contributed by atoms with Gasteiger partial charge < -0.3 is 10.0 Å². The molecule has 0 spiro atoms. The van der Waals surface area contributed by atoms with E-state index in [0.717, 1.165) is 11.9 Å². The van der Waals surface area contributed by atoms with Gasteiger partial charge in [0.25, 0.3) is 5.69 Å². The molecule has 0 saturated heterocycles. The highest BCUT2D eigenvalue weighted by atomic mass is 19.4. The van der Waals surface area contributed by atoms with Crippen LogP contribution in [0.3, 0.4) is 0 Å². The van der Waals surface area contributed by atoms with Crippen molar-refractivity contribution >= 4 is 17.3 Å². The average molecular weight is 310 g/mol. The molecule has 1 N–H and O–H groups in total. The first-order valence-electron chi connectivity index (χ1n) is 5.52. The van der Waals surface area contributed by atoms with Crippen molar-refractivity contribution in [3.05, 3.63) is 33.6 Å². The first kappa shape index (κ1) is 16.7. The largest absolute Gasteiger partial charge is 0.478 e. The highest BCUT2D eigenvalue weighted by molar-refractivity contribution is 5.90. The Kier molecular flexibility index (Phi) is 4.71. The Hall–Kier alpha value is -2.39. The Bertz CT molecular complexity index is 574. The normalized spacial score (nSPS) is 11.3. The van der Waals surface area contributed by atoms with Crippen LogP contribution in [0.25, 0.3) is 0 Å². The fraction of sp³-hybridized carbons (Fsp3) is 0.364. The van der Waals surface area contributed by atoms with E-state index in [-0.39, 0.29) is 0 Å². The first-order valence-corrected chi connectivity index (χ1v) is 5.52. The molecule has 0 unspecified atom stereocenters. The maximum atomic E-state index is 13.5. The molecule has 0 aliphatic heterocycles. The first-order chi connectivity index (χ1) is 9.53. The summed E-state index contributed by atoms with van der Waals surface area (Å²) in [5.74, 6) is -2.97. The van der Waals surface area contributed by atoms with Gasteiger partial charge in [-0.05, 0) is 0 Å². The van der Waals surface area contributed by atoms with Crippen LogP contribution < -0.4 is 4.90 Å². The molecule has 1 aromatic rings. The number of carbonyl (C=O) groups is 1. The van der Waals surface area contributed by atoms with Crippen LogP contribution in [-0.2, 0) is 0 Å². The molecule has 0 aliphatic carbocycles. The van der Waals surface area contributed by atoms with Gasteiger partial charge in [-0.2, -0.15) is 13.2 Å². The number of hydrogen-bond acceptors (Lipinski definition) is 4. The van der Waals surface area contributed by atoms with Gasteiger partial charge >= 0.3 is 12.1 Å². The van der Waals surface area contributed by atoms with Gasteiger partial charge in [-0.3, -0.25) is 10.1 Å². The van der Waals surface area contributed by atoms with Crippen LogP contribution in [-0.4, -0.2) is 35.8 Å². The molecule has 21 heavy (non-hydrogen) atoms. The molecule has 10 heteroatoms. The third-order valence-electron chi connectivity index (χ3n) is 2.63. The number of carboxylic acids is 1. The number of nitro groups is 1. The van der Waals surface area contributed by atoms with E-state index in [1.807, 2.05) is 0 Å². The molecular formula is C11H10F4N2O4. The Morgan fingerprint density at radius 3 is 2.43 bits per heavy atom. The minimum atomic E-state index is -4.47. The summed E-state index contributed by atoms with van der Waals surface area (Å²) in [5, 5.41) is 19.5. The van der Waals surface area contributed by atoms with Crippen molar-refractivity contribution in [3.63, 3.8) is 0 Å². The Balaban J connectivity index is 3.19. The number of aromatic carboxylic acids is 1. The summed E-state index contributed by atoms with van der Waals surface area (Å²) >= 11 is 0. The zero-order chi connectivity index (χ0) is 16.4. The van der Waals surface area contributed by atoms with Gasteiger partial charge in [-0.1, -0.05) is 0 Å². The highest BCUT2D eigenvalue weighted by Crippen LogP contribution is 2.31. The van der Waals surface area contributed by atoms with Gasteiger partial charge in [0.15, 0.2) is 0 Å². The molecule has 0 aromatic heterocycles. The Morgan fingerprint density at radius 1 is 1.43 bits per heavy atom. The fourth-order valence-electron chi connectivity index (χ4n) is 1.58. The van der Waals surface area contributed by atoms with E-state index in [2.05, 4.69) is 0 Å². The summed E-state index contributed by atoms with van der Waals surface area (Å²) in [7, 11) is 1.12. The van der Waals surface area contributed by atoms with Gasteiger partial charge in [0.2, 0.25) is 0 Å². The number of benzene rings is 1. The standard InChI is InChI=1S/C11H10F4N2O4/c1-16(3-2-11(13,14)15)8-5-7(12)6(10(18)19)4-9(8)17(20)21/h4-5H,2-3H2,1H3,(H,18,19). The number of carboxylic acid groups (broad SMARTS) is 1. The number of nitro benzene ring substituents is 1. The van der Waals surface area contributed by atoms with Gasteiger partial charge in [-0.15, -0.1) is 0 Å². The highest BCUT2D eigenvalue weighted by Gasteiger charge is 2.29. The molecule has 116 valence electrons. The second kappa shape index (κ2) is 5.94. The number of hydrogen-bond donors (Lipinski definition) is 1. The molecule has 0 bridgehead atoms. The zero-order valence-electron chi connectivity index (χ0n) is 10.6. The Morgan fingerprint density at radius 2 is 2.00 bits per heavy atom. The van der Waals surface area contributed by atoms with E-state index >= 15 is 0 Å². The maximum absolute atomic E-state index is 13.5. The smallest absolute Gasteiger partial charge is 0.390 e. The minimum absolute atomic E-state index is 0.424. The maximum Gasteiger partial charge on any atom is 0.390 e. The van der Waals surface area contributed by atoms with Crippen molar-refractivity contribution in [3.8, 4) is 0 Å². The van der Waals surface area contributed by atoms with E-state index in [4.69, 9.17) is 5.11 Å². The third kappa shape index (κ3) is 4.29. The topological polar surface area (TPSA) is 83.7 Å². The summed E-state index contributed by atoms with van der Waals surface area (Å²) in [6.07, 6.45) is -5.72. The second-order valence-corrected chi connectivity index (χ2v) is 4.17. The third-order valence-corrected chi connectivity index (χ3v) is 2.63. The van der Waals surface area contributed by atoms with E-state index in [1.54, 1.807) is 0 Å². The molecule has 6 nitrogen and oxygen atoms in total. The van der Waals surface area contributed by atoms with Crippen molar-refractivity contribution in [2.45, 2.75) is 12.6 Å². The second-order valence-electron chi connectivity index (χ2n) is 4.17.